The van der Waals surface area contributed by atoms with E-state index in [-0.39, 0.29) is 4.75 Å². The van der Waals surface area contributed by atoms with Gasteiger partial charge in [0, 0.05) is 10.7 Å². The minimum Gasteiger partial charge on any atom is -0.234 e. The first kappa shape index (κ1) is 13.6. The Balaban J connectivity index is 2.93. The van der Waals surface area contributed by atoms with Crippen LogP contribution in [-0.4, -0.2) is 15.2 Å². The summed E-state index contributed by atoms with van der Waals surface area (Å²) in [7, 11) is -1.20. The van der Waals surface area contributed by atoms with Crippen LogP contribution in [0.4, 0.5) is 0 Å². The van der Waals surface area contributed by atoms with Gasteiger partial charge in [-0.1, -0.05) is 22.0 Å². The number of hydrogen-bond donors (Lipinski definition) is 0. The van der Waals surface area contributed by atoms with Crippen LogP contribution < -0.4 is 0 Å². The topological polar surface area (TPSA) is 29.4 Å². The third-order valence-electron chi connectivity index (χ3n) is 2.05. The van der Waals surface area contributed by atoms with Crippen LogP contribution in [0.25, 0.3) is 0 Å². The molecular formula is C12H16BrNOS. The van der Waals surface area contributed by atoms with Gasteiger partial charge in [0.2, 0.25) is 0 Å². The first-order valence-electron chi connectivity index (χ1n) is 5.03. The Bertz CT molecular complexity index is 435. The zero-order valence-electron chi connectivity index (χ0n) is 9.95. The van der Waals surface area contributed by atoms with E-state index < -0.39 is 11.0 Å². The molecule has 4 heteroatoms. The molecule has 0 saturated heterocycles. The molecule has 2 nitrogen and oxygen atoms in total. The van der Waals surface area contributed by atoms with Crippen molar-refractivity contribution in [2.24, 2.45) is 4.40 Å². The minimum atomic E-state index is -1.20. The third-order valence-corrected chi connectivity index (χ3v) is 3.89. The van der Waals surface area contributed by atoms with Gasteiger partial charge in [0.25, 0.3) is 0 Å². The molecule has 0 bridgehead atoms. The summed E-state index contributed by atoms with van der Waals surface area (Å²) in [5.41, 5.74) is 2.12. The van der Waals surface area contributed by atoms with E-state index in [1.807, 2.05) is 45.9 Å². The lowest BCUT2D eigenvalue weighted by molar-refractivity contribution is 0.651. The normalized spacial score (nSPS) is 14.3. The summed E-state index contributed by atoms with van der Waals surface area (Å²) in [5.74, 6) is 0. The SMILES string of the molecule is Cc1ccc(Br)cc1/C=N/[S@@](=O)C(C)(C)C. The lowest BCUT2D eigenvalue weighted by Gasteiger charge is -2.12. The molecule has 1 atom stereocenters. The van der Waals surface area contributed by atoms with Gasteiger partial charge in [-0.15, -0.1) is 0 Å². The van der Waals surface area contributed by atoms with Crippen LogP contribution in [0.15, 0.2) is 27.1 Å². The average molecular weight is 302 g/mol. The van der Waals surface area contributed by atoms with E-state index in [0.29, 0.717) is 0 Å². The first-order chi connectivity index (χ1) is 7.30. The molecule has 0 heterocycles. The van der Waals surface area contributed by atoms with Crippen LogP contribution in [0.3, 0.4) is 0 Å². The van der Waals surface area contributed by atoms with Crippen LogP contribution in [0.5, 0.6) is 0 Å². The number of hydrogen-bond acceptors (Lipinski definition) is 1. The Kier molecular flexibility index (Phi) is 4.44. The summed E-state index contributed by atoms with van der Waals surface area (Å²) in [4.78, 5) is 0. The van der Waals surface area contributed by atoms with E-state index in [9.17, 15) is 4.21 Å². The second-order valence-electron chi connectivity index (χ2n) is 4.60. The van der Waals surface area contributed by atoms with Crippen molar-refractivity contribution in [3.05, 3.63) is 33.8 Å². The number of nitrogens with zero attached hydrogens (tertiary/aromatic N) is 1. The van der Waals surface area contributed by atoms with Gasteiger partial charge < -0.3 is 0 Å². The molecule has 1 aromatic rings. The molecule has 0 aliphatic rings. The zero-order chi connectivity index (χ0) is 12.3. The van der Waals surface area contributed by atoms with Crippen molar-refractivity contribution in [1.82, 2.24) is 0 Å². The summed E-state index contributed by atoms with van der Waals surface area (Å²) in [6.45, 7) is 7.74. The monoisotopic (exact) mass is 301 g/mol. The summed E-state index contributed by atoms with van der Waals surface area (Å²) in [5, 5.41) is 0. The van der Waals surface area contributed by atoms with Crippen molar-refractivity contribution < 1.29 is 4.21 Å². The van der Waals surface area contributed by atoms with Crippen molar-refractivity contribution in [2.45, 2.75) is 32.4 Å². The Morgan fingerprint density at radius 2 is 2.00 bits per heavy atom. The quantitative estimate of drug-likeness (QED) is 0.767. The van der Waals surface area contributed by atoms with Crippen LogP contribution >= 0.6 is 15.9 Å². The minimum absolute atomic E-state index is 0.309. The maximum absolute atomic E-state index is 11.7. The fourth-order valence-corrected chi connectivity index (χ4v) is 1.92. The third kappa shape index (κ3) is 3.83. The molecule has 1 rings (SSSR count). The van der Waals surface area contributed by atoms with Gasteiger partial charge in [0.1, 0.15) is 11.0 Å². The predicted octanol–water partition coefficient (Wildman–Crippen LogP) is 3.64. The number of benzene rings is 1. The van der Waals surface area contributed by atoms with Crippen molar-refractivity contribution in [1.29, 1.82) is 0 Å². The van der Waals surface area contributed by atoms with E-state index >= 15 is 0 Å². The van der Waals surface area contributed by atoms with Gasteiger partial charge in [-0.25, -0.2) is 4.21 Å². The predicted molar refractivity (Wildman–Crippen MR) is 74.4 cm³/mol. The van der Waals surface area contributed by atoms with Crippen LogP contribution in [-0.2, 0) is 11.0 Å². The standard InChI is InChI=1S/C12H16BrNOS/c1-9-5-6-11(13)7-10(9)8-14-16(15)12(2,3)4/h5-8H,1-4H3/b14-8+/t16-/m0/s1. The van der Waals surface area contributed by atoms with Gasteiger partial charge in [0.05, 0.1) is 4.75 Å². The average Bonchev–Trinajstić information content (AvgIpc) is 2.17. The molecule has 0 spiro atoms. The van der Waals surface area contributed by atoms with Gasteiger partial charge in [-0.2, -0.15) is 4.40 Å². The highest BCUT2D eigenvalue weighted by atomic mass is 79.9. The van der Waals surface area contributed by atoms with Crippen molar-refractivity contribution in [3.8, 4) is 0 Å². The molecule has 0 aromatic heterocycles. The molecule has 0 unspecified atom stereocenters. The number of halogens is 1. The highest BCUT2D eigenvalue weighted by molar-refractivity contribution is 9.10. The van der Waals surface area contributed by atoms with E-state index in [0.717, 1.165) is 15.6 Å². The fraction of sp³-hybridized carbons (Fsp3) is 0.417. The molecule has 1 aromatic carbocycles. The second kappa shape index (κ2) is 5.23. The van der Waals surface area contributed by atoms with Gasteiger partial charge >= 0.3 is 0 Å². The Morgan fingerprint density at radius 3 is 2.56 bits per heavy atom. The fourth-order valence-electron chi connectivity index (χ4n) is 1.01. The van der Waals surface area contributed by atoms with E-state index in [1.54, 1.807) is 6.21 Å². The molecule has 0 aliphatic heterocycles. The van der Waals surface area contributed by atoms with Crippen LogP contribution in [0.2, 0.25) is 0 Å². The van der Waals surface area contributed by atoms with Crippen molar-refractivity contribution in [2.75, 3.05) is 0 Å². The van der Waals surface area contributed by atoms with E-state index in [4.69, 9.17) is 0 Å². The Hall–Kier alpha value is -0.480. The Morgan fingerprint density at radius 1 is 1.38 bits per heavy atom. The van der Waals surface area contributed by atoms with Crippen molar-refractivity contribution in [3.63, 3.8) is 0 Å². The smallest absolute Gasteiger partial charge is 0.144 e. The van der Waals surface area contributed by atoms with Gasteiger partial charge in [-0.3, -0.25) is 0 Å². The molecule has 0 saturated carbocycles. The molecule has 16 heavy (non-hydrogen) atoms. The molecular weight excluding hydrogens is 286 g/mol. The number of rotatable bonds is 2. The molecule has 0 N–H and O–H groups in total. The molecule has 88 valence electrons. The summed E-state index contributed by atoms with van der Waals surface area (Å²) in [6.07, 6.45) is 1.68. The van der Waals surface area contributed by atoms with Crippen molar-refractivity contribution >= 4 is 33.1 Å². The largest absolute Gasteiger partial charge is 0.234 e. The van der Waals surface area contributed by atoms with Crippen LogP contribution in [0, 0.1) is 6.92 Å². The molecule has 0 radical (unpaired) electrons. The second-order valence-corrected chi connectivity index (χ2v) is 7.45. The van der Waals surface area contributed by atoms with E-state index in [1.165, 1.54) is 0 Å². The lowest BCUT2D eigenvalue weighted by Crippen LogP contribution is -2.19. The molecule has 0 fully saturated rings. The highest BCUT2D eigenvalue weighted by Crippen LogP contribution is 2.16. The Labute approximate surface area is 108 Å². The lowest BCUT2D eigenvalue weighted by atomic mass is 10.1. The maximum atomic E-state index is 11.7. The summed E-state index contributed by atoms with van der Waals surface area (Å²) >= 11 is 3.41. The van der Waals surface area contributed by atoms with E-state index in [2.05, 4.69) is 20.3 Å². The van der Waals surface area contributed by atoms with Gasteiger partial charge in [-0.05, 0) is 51.0 Å². The molecule has 0 aliphatic carbocycles. The first-order valence-corrected chi connectivity index (χ1v) is 6.93. The summed E-state index contributed by atoms with van der Waals surface area (Å²) < 4.78 is 16.5. The highest BCUT2D eigenvalue weighted by Gasteiger charge is 2.18. The number of aryl methyl sites for hydroxylation is 1. The molecule has 0 amide bonds. The summed E-state index contributed by atoms with van der Waals surface area (Å²) in [6, 6.07) is 5.96. The zero-order valence-corrected chi connectivity index (χ0v) is 12.4. The maximum Gasteiger partial charge on any atom is 0.144 e. The van der Waals surface area contributed by atoms with Gasteiger partial charge in [0.15, 0.2) is 0 Å². The van der Waals surface area contributed by atoms with Crippen LogP contribution in [0.1, 0.15) is 31.9 Å².